The first-order valence-corrected chi connectivity index (χ1v) is 6.11. The molecule has 0 aliphatic carbocycles. The van der Waals surface area contributed by atoms with Gasteiger partial charge in [0.1, 0.15) is 0 Å². The maximum absolute atomic E-state index is 3.89. The minimum atomic E-state index is 0. The highest BCUT2D eigenvalue weighted by Gasteiger charge is 1.97. The Morgan fingerprint density at radius 1 is 0.842 bits per heavy atom. The van der Waals surface area contributed by atoms with Crippen LogP contribution in [0.15, 0.2) is 73.4 Å². The number of rotatable bonds is 5. The molecule has 0 spiro atoms. The molecule has 0 atom stereocenters. The molecule has 0 heteroatoms. The van der Waals surface area contributed by atoms with Gasteiger partial charge in [-0.05, 0) is 23.6 Å². The Kier molecular flexibility index (Phi) is 40.6. The number of allylic oxidation sites excluding steroid dienone is 8. The highest BCUT2D eigenvalue weighted by molar-refractivity contribution is 5.49. The van der Waals surface area contributed by atoms with Crippen molar-refractivity contribution in [2.75, 3.05) is 0 Å². The first-order chi connectivity index (χ1) is 8.17. The third-order valence-electron chi connectivity index (χ3n) is 1.72. The van der Waals surface area contributed by atoms with E-state index in [1.807, 2.05) is 46.8 Å². The van der Waals surface area contributed by atoms with E-state index in [-0.39, 0.29) is 14.9 Å². The zero-order valence-electron chi connectivity index (χ0n) is 12.2. The van der Waals surface area contributed by atoms with Gasteiger partial charge in [0.15, 0.2) is 0 Å². The van der Waals surface area contributed by atoms with E-state index in [4.69, 9.17) is 0 Å². The van der Waals surface area contributed by atoms with Gasteiger partial charge in [-0.15, -0.1) is 0 Å². The van der Waals surface area contributed by atoms with Gasteiger partial charge in [0.25, 0.3) is 0 Å². The van der Waals surface area contributed by atoms with Crippen molar-refractivity contribution in [3.63, 3.8) is 0 Å². The average Bonchev–Trinajstić information content (AvgIpc) is 2.42. The van der Waals surface area contributed by atoms with E-state index in [0.717, 1.165) is 16.7 Å². The van der Waals surface area contributed by atoms with Crippen LogP contribution in [0.3, 0.4) is 0 Å². The summed E-state index contributed by atoms with van der Waals surface area (Å²) in [7, 11) is 0. The van der Waals surface area contributed by atoms with Crippen LogP contribution in [0.5, 0.6) is 0 Å². The molecule has 0 bridgehead atoms. The predicted molar refractivity (Wildman–Crippen MR) is 97.7 cm³/mol. The van der Waals surface area contributed by atoms with E-state index in [0.29, 0.717) is 0 Å². The summed E-state index contributed by atoms with van der Waals surface area (Å²) in [6.45, 7) is 24.9. The van der Waals surface area contributed by atoms with Crippen LogP contribution in [0.1, 0.15) is 49.5 Å². The van der Waals surface area contributed by atoms with Gasteiger partial charge in [0.05, 0.1) is 0 Å². The highest BCUT2D eigenvalue weighted by atomic mass is 14.0. The average molecular weight is 264 g/mol. The summed E-state index contributed by atoms with van der Waals surface area (Å²) >= 11 is 0. The summed E-state index contributed by atoms with van der Waals surface area (Å²) in [5.41, 5.74) is 3.03. The first-order valence-electron chi connectivity index (χ1n) is 6.11. The summed E-state index contributed by atoms with van der Waals surface area (Å²) in [5.74, 6) is 0. The van der Waals surface area contributed by atoms with Gasteiger partial charge in [-0.1, -0.05) is 99.2 Å². The minimum absolute atomic E-state index is 0. The van der Waals surface area contributed by atoms with Gasteiger partial charge in [0, 0.05) is 0 Å². The van der Waals surface area contributed by atoms with Crippen LogP contribution < -0.4 is 0 Å². The molecule has 0 nitrogen and oxygen atoms in total. The molecule has 0 unspecified atom stereocenters. The van der Waals surface area contributed by atoms with Crippen molar-refractivity contribution in [1.29, 1.82) is 0 Å². The monoisotopic (exact) mass is 264 g/mol. The van der Waals surface area contributed by atoms with Crippen LogP contribution in [0.4, 0.5) is 0 Å². The zero-order chi connectivity index (χ0) is 14.3. The third-order valence-corrected chi connectivity index (χ3v) is 1.72. The second-order valence-electron chi connectivity index (χ2n) is 2.62. The lowest BCUT2D eigenvalue weighted by Crippen LogP contribution is -1.84. The molecule has 0 aromatic heterocycles. The fourth-order valence-electron chi connectivity index (χ4n) is 0.876. The van der Waals surface area contributed by atoms with Gasteiger partial charge in [-0.25, -0.2) is 0 Å². The Morgan fingerprint density at radius 2 is 1.26 bits per heavy atom. The molecule has 0 aromatic carbocycles. The summed E-state index contributed by atoms with van der Waals surface area (Å²) in [5, 5.41) is 0. The summed E-state index contributed by atoms with van der Waals surface area (Å²) in [6.07, 6.45) is 9.09. The SMILES string of the molecule is C.C.C=C/C=C\C(C(=C)C=C)=C(/C)C=C.CC.CC. The molecule has 0 heterocycles. The van der Waals surface area contributed by atoms with Crippen molar-refractivity contribution in [3.8, 4) is 0 Å². The van der Waals surface area contributed by atoms with Crippen molar-refractivity contribution in [2.45, 2.75) is 49.5 Å². The van der Waals surface area contributed by atoms with Crippen molar-refractivity contribution >= 4 is 0 Å². The topological polar surface area (TPSA) is 0 Å². The normalized spacial score (nSPS) is 8.89. The zero-order valence-corrected chi connectivity index (χ0v) is 12.2. The van der Waals surface area contributed by atoms with Crippen LogP contribution in [-0.4, -0.2) is 0 Å². The fourth-order valence-corrected chi connectivity index (χ4v) is 0.876. The molecule has 0 saturated carbocycles. The first kappa shape index (κ1) is 30.5. The van der Waals surface area contributed by atoms with Crippen molar-refractivity contribution in [2.24, 2.45) is 0 Å². The second-order valence-corrected chi connectivity index (χ2v) is 2.62. The smallest absolute Gasteiger partial charge is 0.0161 e. The van der Waals surface area contributed by atoms with Crippen molar-refractivity contribution in [1.82, 2.24) is 0 Å². The lowest BCUT2D eigenvalue weighted by atomic mass is 10.0. The Bertz CT molecular complexity index is 285. The third kappa shape index (κ3) is 16.4. The lowest BCUT2D eigenvalue weighted by molar-refractivity contribution is 1.42. The second kappa shape index (κ2) is 25.3. The van der Waals surface area contributed by atoms with Crippen LogP contribution in [0.25, 0.3) is 0 Å². The summed E-state index contributed by atoms with van der Waals surface area (Å²) in [4.78, 5) is 0. The molecule has 112 valence electrons. The largest absolute Gasteiger partial charge is 0.0991 e. The standard InChI is InChI=1S/C13H16.2C2H6.2CH4/c1-6-9-10-13(11(4)7-2)12(5)8-3;2*1-2;;/h6-10H,1-4H2,5H3;2*1-2H3;2*1H4/b10-9-,13-12-;;;;. The molecule has 0 saturated heterocycles. The van der Waals surface area contributed by atoms with E-state index in [9.17, 15) is 0 Å². The van der Waals surface area contributed by atoms with Gasteiger partial charge < -0.3 is 0 Å². The minimum Gasteiger partial charge on any atom is -0.0991 e. The number of hydrogen-bond donors (Lipinski definition) is 0. The molecule has 0 fully saturated rings. The van der Waals surface area contributed by atoms with Gasteiger partial charge in [-0.2, -0.15) is 0 Å². The Balaban J connectivity index is -0.0000000988. The molecule has 0 aliphatic rings. The Labute approximate surface area is 123 Å². The molecule has 0 aliphatic heterocycles. The predicted octanol–water partition coefficient (Wildman–Crippen LogP) is 7.30. The van der Waals surface area contributed by atoms with E-state index >= 15 is 0 Å². The fraction of sp³-hybridized carbons (Fsp3) is 0.368. The maximum Gasteiger partial charge on any atom is -0.0161 e. The molecule has 0 radical (unpaired) electrons. The quantitative estimate of drug-likeness (QED) is 0.457. The lowest BCUT2D eigenvalue weighted by Gasteiger charge is -2.04. The molecule has 19 heavy (non-hydrogen) atoms. The van der Waals surface area contributed by atoms with Gasteiger partial charge in [0.2, 0.25) is 0 Å². The molecule has 0 N–H and O–H groups in total. The van der Waals surface area contributed by atoms with E-state index < -0.39 is 0 Å². The van der Waals surface area contributed by atoms with Crippen molar-refractivity contribution < 1.29 is 0 Å². The number of hydrogen-bond acceptors (Lipinski definition) is 0. The Hall–Kier alpha value is -1.56. The van der Waals surface area contributed by atoms with E-state index in [1.165, 1.54) is 0 Å². The van der Waals surface area contributed by atoms with Gasteiger partial charge in [-0.3, -0.25) is 0 Å². The van der Waals surface area contributed by atoms with E-state index in [2.05, 4.69) is 26.3 Å². The summed E-state index contributed by atoms with van der Waals surface area (Å²) in [6, 6.07) is 0. The molecule has 0 rings (SSSR count). The van der Waals surface area contributed by atoms with Crippen LogP contribution in [-0.2, 0) is 0 Å². The van der Waals surface area contributed by atoms with Crippen LogP contribution in [0.2, 0.25) is 0 Å². The Morgan fingerprint density at radius 3 is 1.53 bits per heavy atom. The highest BCUT2D eigenvalue weighted by Crippen LogP contribution is 2.16. The van der Waals surface area contributed by atoms with Gasteiger partial charge >= 0.3 is 0 Å². The van der Waals surface area contributed by atoms with Crippen LogP contribution >= 0.6 is 0 Å². The molecular weight excluding hydrogens is 228 g/mol. The molecule has 0 aromatic rings. The molecule has 0 amide bonds. The van der Waals surface area contributed by atoms with E-state index in [1.54, 1.807) is 18.2 Å². The molecular formula is C19H36. The van der Waals surface area contributed by atoms with Crippen LogP contribution in [0, 0.1) is 0 Å². The van der Waals surface area contributed by atoms with Crippen molar-refractivity contribution in [3.05, 3.63) is 73.4 Å². The maximum atomic E-state index is 3.89. The summed E-state index contributed by atoms with van der Waals surface area (Å²) < 4.78 is 0.